The van der Waals surface area contributed by atoms with Crippen LogP contribution in [0.25, 0.3) is 77.6 Å². The molecule has 216 valence electrons. The van der Waals surface area contributed by atoms with Crippen LogP contribution in [-0.4, -0.2) is 9.13 Å². The molecule has 2 nitrogen and oxygen atoms in total. The van der Waals surface area contributed by atoms with E-state index in [0.29, 0.717) is 0 Å². The van der Waals surface area contributed by atoms with Crippen LogP contribution >= 0.6 is 0 Å². The summed E-state index contributed by atoms with van der Waals surface area (Å²) >= 11 is 0. The molecule has 46 heavy (non-hydrogen) atoms. The molecule has 7 aromatic carbocycles. The molecule has 2 aromatic heterocycles. The zero-order chi connectivity index (χ0) is 30.5. The molecular weight excluding hydrogens is 556 g/mol. The predicted molar refractivity (Wildman–Crippen MR) is 194 cm³/mol. The molecular formula is C44H30N2. The minimum absolute atomic E-state index is 1.15. The van der Waals surface area contributed by atoms with Crippen LogP contribution in [0.4, 0.5) is 0 Å². The first-order chi connectivity index (χ1) is 22.8. The Kier molecular flexibility index (Phi) is 6.17. The number of fused-ring (bicyclic) bond motifs is 5. The molecule has 2 heterocycles. The van der Waals surface area contributed by atoms with Crippen LogP contribution in [0.1, 0.15) is 0 Å². The van der Waals surface area contributed by atoms with Gasteiger partial charge in [-0.3, -0.25) is 0 Å². The van der Waals surface area contributed by atoms with Gasteiger partial charge in [-0.05, 0) is 88.0 Å². The lowest BCUT2D eigenvalue weighted by Crippen LogP contribution is -1.94. The highest BCUT2D eigenvalue weighted by Gasteiger charge is 2.21. The Labute approximate surface area is 268 Å². The number of hydrogen-bond donors (Lipinski definition) is 0. The van der Waals surface area contributed by atoms with Gasteiger partial charge in [0.05, 0.1) is 22.1 Å². The Hall–Kier alpha value is -6.12. The van der Waals surface area contributed by atoms with Crippen molar-refractivity contribution < 1.29 is 0 Å². The van der Waals surface area contributed by atoms with Crippen molar-refractivity contribution in [3.63, 3.8) is 0 Å². The van der Waals surface area contributed by atoms with Gasteiger partial charge in [-0.25, -0.2) is 0 Å². The lowest BCUT2D eigenvalue weighted by Gasteiger charge is -2.13. The van der Waals surface area contributed by atoms with Crippen LogP contribution in [0.15, 0.2) is 182 Å². The van der Waals surface area contributed by atoms with Gasteiger partial charge in [0.1, 0.15) is 0 Å². The molecule has 0 radical (unpaired) electrons. The number of nitrogens with zero attached hydrogens (tertiary/aromatic N) is 2. The van der Waals surface area contributed by atoms with E-state index in [-0.39, 0.29) is 0 Å². The van der Waals surface area contributed by atoms with E-state index < -0.39 is 0 Å². The molecule has 0 atom stereocenters. The molecule has 0 bridgehead atoms. The number of para-hydroxylation sites is 3. The summed E-state index contributed by atoms with van der Waals surface area (Å²) in [6.45, 7) is 0. The third-order valence-electron chi connectivity index (χ3n) is 9.09. The molecule has 9 rings (SSSR count). The maximum absolute atomic E-state index is 2.44. The fourth-order valence-electron chi connectivity index (χ4n) is 6.99. The minimum atomic E-state index is 1.15. The lowest BCUT2D eigenvalue weighted by molar-refractivity contribution is 1.17. The van der Waals surface area contributed by atoms with Gasteiger partial charge in [-0.1, -0.05) is 127 Å². The van der Waals surface area contributed by atoms with Gasteiger partial charge in [0.15, 0.2) is 0 Å². The van der Waals surface area contributed by atoms with Crippen molar-refractivity contribution in [1.82, 2.24) is 9.13 Å². The average Bonchev–Trinajstić information content (AvgIpc) is 3.65. The average molecular weight is 587 g/mol. The fraction of sp³-hybridized carbons (Fsp3) is 0. The normalized spacial score (nSPS) is 11.5. The highest BCUT2D eigenvalue weighted by molar-refractivity contribution is 6.19. The number of benzene rings is 7. The van der Waals surface area contributed by atoms with Gasteiger partial charge >= 0.3 is 0 Å². The standard InChI is InChI=1S/C44H30N2/c1-4-14-31(15-5-1)34-28-35(32-16-6-2-7-17-32)30-36(29-34)33-24-26-38(27-25-33)46-42-23-13-11-21-40(42)43-44(46)39-20-10-12-22-41(39)45(43)37-18-8-3-9-19-37/h1-30H. The van der Waals surface area contributed by atoms with E-state index in [4.69, 9.17) is 0 Å². The molecule has 0 saturated heterocycles. The Morgan fingerprint density at radius 1 is 0.261 bits per heavy atom. The van der Waals surface area contributed by atoms with E-state index in [1.54, 1.807) is 0 Å². The van der Waals surface area contributed by atoms with Crippen LogP contribution in [-0.2, 0) is 0 Å². The third-order valence-corrected chi connectivity index (χ3v) is 9.09. The third kappa shape index (κ3) is 4.27. The molecule has 2 heteroatoms. The van der Waals surface area contributed by atoms with Gasteiger partial charge in [-0.2, -0.15) is 0 Å². The Morgan fingerprint density at radius 3 is 1.07 bits per heavy atom. The SMILES string of the molecule is c1ccc(-c2cc(-c3ccccc3)cc(-c3ccc(-n4c5ccccc5c5c4c4ccccc4n5-c4ccccc4)cc3)c2)cc1. The van der Waals surface area contributed by atoms with Crippen LogP contribution in [0, 0.1) is 0 Å². The Morgan fingerprint density at radius 2 is 0.609 bits per heavy atom. The monoisotopic (exact) mass is 586 g/mol. The summed E-state index contributed by atoms with van der Waals surface area (Å²) in [4.78, 5) is 0. The first-order valence-corrected chi connectivity index (χ1v) is 15.8. The summed E-state index contributed by atoms with van der Waals surface area (Å²) in [6, 6.07) is 65.6. The second kappa shape index (κ2) is 10.8. The Balaban J connectivity index is 1.24. The van der Waals surface area contributed by atoms with Gasteiger partial charge in [0.25, 0.3) is 0 Å². The van der Waals surface area contributed by atoms with E-state index in [1.165, 1.54) is 71.9 Å². The molecule has 0 aliphatic rings. The van der Waals surface area contributed by atoms with Crippen molar-refractivity contribution in [1.29, 1.82) is 0 Å². The summed E-state index contributed by atoms with van der Waals surface area (Å²) in [5.74, 6) is 0. The summed E-state index contributed by atoms with van der Waals surface area (Å²) in [7, 11) is 0. The van der Waals surface area contributed by atoms with Crippen LogP contribution < -0.4 is 0 Å². The second-order valence-electron chi connectivity index (χ2n) is 11.8. The van der Waals surface area contributed by atoms with E-state index in [9.17, 15) is 0 Å². The van der Waals surface area contributed by atoms with Crippen LogP contribution in [0.2, 0.25) is 0 Å². The second-order valence-corrected chi connectivity index (χ2v) is 11.8. The zero-order valence-corrected chi connectivity index (χ0v) is 25.2. The quantitative estimate of drug-likeness (QED) is 0.190. The van der Waals surface area contributed by atoms with Crippen molar-refractivity contribution in [3.05, 3.63) is 182 Å². The van der Waals surface area contributed by atoms with Gasteiger partial charge in [-0.15, -0.1) is 0 Å². The van der Waals surface area contributed by atoms with Crippen LogP contribution in [0.5, 0.6) is 0 Å². The predicted octanol–water partition coefficient (Wildman–Crippen LogP) is 11.7. The minimum Gasteiger partial charge on any atom is -0.307 e. The fourth-order valence-corrected chi connectivity index (χ4v) is 6.99. The smallest absolute Gasteiger partial charge is 0.0803 e. The van der Waals surface area contributed by atoms with Gasteiger partial charge in [0.2, 0.25) is 0 Å². The molecule has 0 aliphatic heterocycles. The maximum Gasteiger partial charge on any atom is 0.0803 e. The maximum atomic E-state index is 2.44. The summed E-state index contributed by atoms with van der Waals surface area (Å²) in [5.41, 5.74) is 14.4. The van der Waals surface area contributed by atoms with Crippen molar-refractivity contribution in [2.75, 3.05) is 0 Å². The zero-order valence-electron chi connectivity index (χ0n) is 25.2. The lowest BCUT2D eigenvalue weighted by atomic mass is 9.93. The first kappa shape index (κ1) is 26.3. The van der Waals surface area contributed by atoms with Crippen molar-refractivity contribution in [2.24, 2.45) is 0 Å². The van der Waals surface area contributed by atoms with Crippen molar-refractivity contribution in [2.45, 2.75) is 0 Å². The van der Waals surface area contributed by atoms with E-state index in [0.717, 1.165) is 5.69 Å². The topological polar surface area (TPSA) is 9.86 Å². The Bertz CT molecular complexity index is 2420. The summed E-state index contributed by atoms with van der Waals surface area (Å²) in [5, 5.41) is 2.48. The van der Waals surface area contributed by atoms with E-state index >= 15 is 0 Å². The van der Waals surface area contributed by atoms with E-state index in [2.05, 4.69) is 191 Å². The van der Waals surface area contributed by atoms with Gasteiger partial charge in [0, 0.05) is 22.1 Å². The molecule has 0 saturated carbocycles. The molecule has 9 aromatic rings. The molecule has 0 spiro atoms. The molecule has 0 fully saturated rings. The molecule has 0 aliphatic carbocycles. The van der Waals surface area contributed by atoms with E-state index in [1.807, 2.05) is 0 Å². The number of rotatable bonds is 5. The number of hydrogen-bond acceptors (Lipinski definition) is 0. The van der Waals surface area contributed by atoms with Gasteiger partial charge < -0.3 is 9.13 Å². The number of aromatic nitrogens is 2. The first-order valence-electron chi connectivity index (χ1n) is 15.8. The largest absolute Gasteiger partial charge is 0.307 e. The highest BCUT2D eigenvalue weighted by atomic mass is 15.1. The molecule has 0 amide bonds. The van der Waals surface area contributed by atoms with Crippen molar-refractivity contribution in [3.8, 4) is 44.8 Å². The van der Waals surface area contributed by atoms with Crippen LogP contribution in [0.3, 0.4) is 0 Å². The van der Waals surface area contributed by atoms with Crippen molar-refractivity contribution >= 4 is 32.8 Å². The molecule has 0 N–H and O–H groups in total. The summed E-state index contributed by atoms with van der Waals surface area (Å²) < 4.78 is 4.85. The molecule has 0 unspecified atom stereocenters. The summed E-state index contributed by atoms with van der Waals surface area (Å²) in [6.07, 6.45) is 0. The highest BCUT2D eigenvalue weighted by Crippen LogP contribution is 2.41.